The molecule has 0 atom stereocenters. The van der Waals surface area contributed by atoms with Gasteiger partial charge in [0.05, 0.1) is 45.7 Å². The van der Waals surface area contributed by atoms with Crippen LogP contribution in [0.4, 0.5) is 0 Å². The molecule has 0 aliphatic heterocycles. The number of hydrogen-bond donors (Lipinski definition) is 0. The zero-order valence-electron chi connectivity index (χ0n) is 33.5. The predicted octanol–water partition coefficient (Wildman–Crippen LogP) is 14.4. The molecule has 0 aliphatic rings. The smallest absolute Gasteiger partial charge is 0.0704 e. The van der Waals surface area contributed by atoms with Crippen LogP contribution in [0.5, 0.6) is 0 Å². The Hall–Kier alpha value is -0.160. The molecule has 0 heterocycles. The minimum atomic E-state index is 0.407. The van der Waals surface area contributed by atoms with E-state index in [4.69, 9.17) is 18.9 Å². The molecule has 0 unspecified atom stereocenters. The van der Waals surface area contributed by atoms with Gasteiger partial charge in [0.25, 0.3) is 0 Å². The molecule has 0 aliphatic carbocycles. The molecule has 0 rings (SSSR count). The second-order valence-electron chi connectivity index (χ2n) is 14.9. The van der Waals surface area contributed by atoms with E-state index >= 15 is 0 Å². The van der Waals surface area contributed by atoms with Gasteiger partial charge in [0.15, 0.2) is 0 Å². The van der Waals surface area contributed by atoms with Gasteiger partial charge in [-0.1, -0.05) is 219 Å². The summed E-state index contributed by atoms with van der Waals surface area (Å²) in [4.78, 5) is 0. The van der Waals surface area contributed by atoms with Crippen molar-refractivity contribution in [3.63, 3.8) is 0 Å². The van der Waals surface area contributed by atoms with Gasteiger partial charge in [0, 0.05) is 7.11 Å². The second kappa shape index (κ2) is 44.9. The predicted molar refractivity (Wildman–Crippen MR) is 212 cm³/mol. The quantitative estimate of drug-likeness (QED) is 0.0599. The lowest BCUT2D eigenvalue weighted by molar-refractivity contribution is -0.0214. The first kappa shape index (κ1) is 47.8. The highest BCUT2D eigenvalue weighted by Gasteiger charge is 2.09. The lowest BCUT2D eigenvalue weighted by Crippen LogP contribution is -2.18. The van der Waals surface area contributed by atoms with Crippen LogP contribution in [0, 0.1) is 0 Å². The minimum absolute atomic E-state index is 0.407. The molecule has 0 N–H and O–H groups in total. The molecule has 4 nitrogen and oxygen atoms in total. The monoisotopic (exact) mass is 683 g/mol. The van der Waals surface area contributed by atoms with Gasteiger partial charge >= 0.3 is 0 Å². The molecule has 4 heteroatoms. The van der Waals surface area contributed by atoms with Crippen molar-refractivity contribution >= 4 is 0 Å². The van der Waals surface area contributed by atoms with Gasteiger partial charge in [-0.2, -0.15) is 0 Å². The van der Waals surface area contributed by atoms with Crippen LogP contribution in [0.1, 0.15) is 232 Å². The van der Waals surface area contributed by atoms with Crippen molar-refractivity contribution in [1.29, 1.82) is 0 Å². The number of hydrogen-bond acceptors (Lipinski definition) is 4. The molecule has 48 heavy (non-hydrogen) atoms. The first-order chi connectivity index (χ1) is 23.8. The molecule has 0 aromatic carbocycles. The average Bonchev–Trinajstić information content (AvgIpc) is 3.10. The fourth-order valence-corrected chi connectivity index (χ4v) is 6.89. The Morgan fingerprint density at radius 3 is 0.833 bits per heavy atom. The van der Waals surface area contributed by atoms with Crippen LogP contribution < -0.4 is 0 Å². The fraction of sp³-hybridized carbons (Fsp3) is 1.00. The maximum atomic E-state index is 6.35. The van der Waals surface area contributed by atoms with Gasteiger partial charge in [0.1, 0.15) is 0 Å². The molecule has 0 fully saturated rings. The Morgan fingerprint density at radius 2 is 0.542 bits per heavy atom. The zero-order chi connectivity index (χ0) is 34.7. The molecule has 0 saturated heterocycles. The molecule has 0 saturated carbocycles. The summed E-state index contributed by atoms with van der Waals surface area (Å²) in [6.45, 7) is 8.53. The normalized spacial score (nSPS) is 11.8. The van der Waals surface area contributed by atoms with E-state index < -0.39 is 0 Å². The summed E-state index contributed by atoms with van der Waals surface area (Å²) in [5.74, 6) is 0. The topological polar surface area (TPSA) is 36.9 Å². The van der Waals surface area contributed by atoms with Gasteiger partial charge in [-0.3, -0.25) is 0 Å². The minimum Gasteiger partial charge on any atom is -0.382 e. The number of ether oxygens (including phenoxy) is 4. The number of methoxy groups -OCH3 is 1. The Kier molecular flexibility index (Phi) is 44.7. The zero-order valence-corrected chi connectivity index (χ0v) is 33.5. The molecule has 0 bridgehead atoms. The summed E-state index contributed by atoms with van der Waals surface area (Å²) in [6.07, 6.45) is 48.5. The maximum Gasteiger partial charge on any atom is 0.0704 e. The Balaban J connectivity index is 3.84. The van der Waals surface area contributed by atoms with E-state index in [1.807, 2.05) is 0 Å². The lowest BCUT2D eigenvalue weighted by atomic mass is 10.0. The first-order valence-electron chi connectivity index (χ1n) is 22.1. The van der Waals surface area contributed by atoms with Crippen LogP contribution in [-0.4, -0.2) is 52.9 Å². The van der Waals surface area contributed by atoms with Crippen molar-refractivity contribution in [1.82, 2.24) is 0 Å². The molecule has 0 amide bonds. The van der Waals surface area contributed by atoms with E-state index in [-0.39, 0.29) is 0 Å². The summed E-state index contributed by atoms with van der Waals surface area (Å²) < 4.78 is 22.6. The van der Waals surface area contributed by atoms with Crippen molar-refractivity contribution in [2.75, 3.05) is 46.8 Å². The van der Waals surface area contributed by atoms with Gasteiger partial charge < -0.3 is 18.9 Å². The van der Waals surface area contributed by atoms with Crippen LogP contribution in [-0.2, 0) is 18.9 Å². The van der Waals surface area contributed by atoms with E-state index in [0.29, 0.717) is 45.7 Å². The van der Waals surface area contributed by atoms with Crippen LogP contribution in [0.3, 0.4) is 0 Å². The van der Waals surface area contributed by atoms with E-state index in [2.05, 4.69) is 13.8 Å². The maximum absolute atomic E-state index is 6.35. The standard InChI is InChI=1S/C44H90O4/c1-4-6-8-10-12-14-16-18-20-22-24-26-28-30-32-34-36-44(48-43-42-47-41-40-46-39-38-45-3)37-35-33-31-29-27-25-23-21-19-17-15-13-11-9-7-5-2/h44H,4-43H2,1-3H3. The molecule has 0 spiro atoms. The highest BCUT2D eigenvalue weighted by Crippen LogP contribution is 2.19. The average molecular weight is 683 g/mol. The van der Waals surface area contributed by atoms with Crippen molar-refractivity contribution in [3.8, 4) is 0 Å². The fourth-order valence-electron chi connectivity index (χ4n) is 6.89. The highest BCUT2D eigenvalue weighted by atomic mass is 16.6. The molecule has 0 aromatic rings. The number of rotatable bonds is 44. The summed E-state index contributed by atoms with van der Waals surface area (Å²) in [7, 11) is 1.70. The van der Waals surface area contributed by atoms with Crippen LogP contribution in [0.2, 0.25) is 0 Å². The highest BCUT2D eigenvalue weighted by molar-refractivity contribution is 4.61. The van der Waals surface area contributed by atoms with E-state index in [1.165, 1.54) is 218 Å². The van der Waals surface area contributed by atoms with E-state index in [1.54, 1.807) is 7.11 Å². The van der Waals surface area contributed by atoms with Gasteiger partial charge in [-0.25, -0.2) is 0 Å². The van der Waals surface area contributed by atoms with Crippen LogP contribution >= 0.6 is 0 Å². The Morgan fingerprint density at radius 1 is 0.292 bits per heavy atom. The summed E-state index contributed by atoms with van der Waals surface area (Å²) in [6, 6.07) is 0. The van der Waals surface area contributed by atoms with Crippen LogP contribution in [0.25, 0.3) is 0 Å². The van der Waals surface area contributed by atoms with Crippen molar-refractivity contribution in [2.24, 2.45) is 0 Å². The van der Waals surface area contributed by atoms with Gasteiger partial charge in [-0.05, 0) is 12.8 Å². The summed E-state index contributed by atoms with van der Waals surface area (Å²) >= 11 is 0. The summed E-state index contributed by atoms with van der Waals surface area (Å²) in [5, 5.41) is 0. The third-order valence-electron chi connectivity index (χ3n) is 10.1. The van der Waals surface area contributed by atoms with Gasteiger partial charge in [-0.15, -0.1) is 0 Å². The van der Waals surface area contributed by atoms with Crippen LogP contribution in [0.15, 0.2) is 0 Å². The van der Waals surface area contributed by atoms with Crippen molar-refractivity contribution in [2.45, 2.75) is 238 Å². The molecular formula is C44H90O4. The van der Waals surface area contributed by atoms with Gasteiger partial charge in [0.2, 0.25) is 0 Å². The second-order valence-corrected chi connectivity index (χ2v) is 14.9. The molecule has 0 aromatic heterocycles. The van der Waals surface area contributed by atoms with Crippen molar-refractivity contribution < 1.29 is 18.9 Å². The van der Waals surface area contributed by atoms with E-state index in [9.17, 15) is 0 Å². The Labute approximate surface area is 303 Å². The molecular weight excluding hydrogens is 592 g/mol. The largest absolute Gasteiger partial charge is 0.382 e. The molecule has 290 valence electrons. The number of unbranched alkanes of at least 4 members (excludes halogenated alkanes) is 30. The SMILES string of the molecule is CCCCCCCCCCCCCCCCCCC(CCCCCCCCCCCCCCCCCC)OCCOCCOCCOC. The molecule has 0 radical (unpaired) electrons. The lowest BCUT2D eigenvalue weighted by Gasteiger charge is -2.18. The third kappa shape index (κ3) is 42.0. The third-order valence-corrected chi connectivity index (χ3v) is 10.1. The Bertz CT molecular complexity index is 506. The van der Waals surface area contributed by atoms with E-state index in [0.717, 1.165) is 0 Å². The first-order valence-corrected chi connectivity index (χ1v) is 22.1. The summed E-state index contributed by atoms with van der Waals surface area (Å²) in [5.41, 5.74) is 0. The van der Waals surface area contributed by atoms with Crippen molar-refractivity contribution in [3.05, 3.63) is 0 Å².